The SMILES string of the molecule is CC(NC(=O)c1ccc(Cl)c(I)c1)c1nc(-c2ccc(F)cc2)no1. The number of amides is 1. The average Bonchev–Trinajstić information content (AvgIpc) is 3.08. The first-order valence-electron chi connectivity index (χ1n) is 7.29. The second-order valence-electron chi connectivity index (χ2n) is 5.29. The number of nitrogens with zero attached hydrogens (tertiary/aromatic N) is 2. The van der Waals surface area contributed by atoms with Crippen LogP contribution in [0.1, 0.15) is 29.2 Å². The zero-order chi connectivity index (χ0) is 18.0. The molecule has 2 aromatic carbocycles. The van der Waals surface area contributed by atoms with Crippen LogP contribution in [0.15, 0.2) is 47.0 Å². The van der Waals surface area contributed by atoms with Crippen LogP contribution in [-0.4, -0.2) is 16.0 Å². The predicted molar refractivity (Wildman–Crippen MR) is 99.7 cm³/mol. The number of hydrogen-bond acceptors (Lipinski definition) is 4. The molecule has 1 unspecified atom stereocenters. The molecule has 25 heavy (non-hydrogen) atoms. The fraction of sp³-hybridized carbons (Fsp3) is 0.118. The smallest absolute Gasteiger partial charge is 0.251 e. The van der Waals surface area contributed by atoms with Crippen LogP contribution in [0.25, 0.3) is 11.4 Å². The Morgan fingerprint density at radius 2 is 2.00 bits per heavy atom. The van der Waals surface area contributed by atoms with Crippen molar-refractivity contribution < 1.29 is 13.7 Å². The first-order valence-corrected chi connectivity index (χ1v) is 8.75. The van der Waals surface area contributed by atoms with E-state index in [0.29, 0.717) is 22.0 Å². The Bertz CT molecular complexity index is 915. The third-order valence-corrected chi connectivity index (χ3v) is 4.98. The number of carbonyl (C=O) groups is 1. The van der Waals surface area contributed by atoms with Gasteiger partial charge in [0.1, 0.15) is 11.9 Å². The summed E-state index contributed by atoms with van der Waals surface area (Å²) in [6.45, 7) is 1.74. The van der Waals surface area contributed by atoms with Gasteiger partial charge < -0.3 is 9.84 Å². The number of rotatable bonds is 4. The van der Waals surface area contributed by atoms with Crippen LogP contribution in [-0.2, 0) is 0 Å². The predicted octanol–water partition coefficient (Wildman–Crippen LogP) is 4.62. The molecule has 0 saturated carbocycles. The number of halogens is 3. The molecule has 8 heteroatoms. The Hall–Kier alpha value is -2.00. The molecule has 3 aromatic rings. The van der Waals surface area contributed by atoms with Crippen molar-refractivity contribution in [3.63, 3.8) is 0 Å². The summed E-state index contributed by atoms with van der Waals surface area (Å²) in [7, 11) is 0. The van der Waals surface area contributed by atoms with E-state index in [-0.39, 0.29) is 17.6 Å². The Balaban J connectivity index is 1.73. The second kappa shape index (κ2) is 7.49. The first kappa shape index (κ1) is 17.8. The molecule has 1 heterocycles. The Kier molecular flexibility index (Phi) is 5.33. The molecule has 0 aliphatic heterocycles. The number of hydrogen-bond donors (Lipinski definition) is 1. The van der Waals surface area contributed by atoms with Crippen molar-refractivity contribution in [3.05, 3.63) is 68.3 Å². The van der Waals surface area contributed by atoms with Crippen LogP contribution < -0.4 is 5.32 Å². The molecule has 3 rings (SSSR count). The normalized spacial score (nSPS) is 12.0. The Morgan fingerprint density at radius 3 is 2.68 bits per heavy atom. The molecule has 5 nitrogen and oxygen atoms in total. The molecule has 0 aliphatic rings. The van der Waals surface area contributed by atoms with Crippen molar-refractivity contribution in [1.29, 1.82) is 0 Å². The summed E-state index contributed by atoms with van der Waals surface area (Å²) < 4.78 is 19.0. The number of carbonyl (C=O) groups excluding carboxylic acids is 1. The van der Waals surface area contributed by atoms with Gasteiger partial charge in [0, 0.05) is 14.7 Å². The Labute approximate surface area is 161 Å². The van der Waals surface area contributed by atoms with Crippen molar-refractivity contribution in [2.45, 2.75) is 13.0 Å². The van der Waals surface area contributed by atoms with Crippen LogP contribution in [0.4, 0.5) is 4.39 Å². The lowest BCUT2D eigenvalue weighted by atomic mass is 10.2. The summed E-state index contributed by atoms with van der Waals surface area (Å²) in [6, 6.07) is 10.3. The van der Waals surface area contributed by atoms with Gasteiger partial charge in [-0.3, -0.25) is 4.79 Å². The van der Waals surface area contributed by atoms with Gasteiger partial charge in [-0.1, -0.05) is 16.8 Å². The summed E-state index contributed by atoms with van der Waals surface area (Å²) >= 11 is 8.02. The van der Waals surface area contributed by atoms with Gasteiger partial charge in [-0.2, -0.15) is 4.98 Å². The lowest BCUT2D eigenvalue weighted by molar-refractivity contribution is 0.0932. The molecular formula is C17H12ClFIN3O2. The second-order valence-corrected chi connectivity index (χ2v) is 6.86. The zero-order valence-electron chi connectivity index (χ0n) is 13.0. The van der Waals surface area contributed by atoms with Crippen LogP contribution in [0.3, 0.4) is 0 Å². The van der Waals surface area contributed by atoms with E-state index in [1.165, 1.54) is 12.1 Å². The molecule has 1 N–H and O–H groups in total. The monoisotopic (exact) mass is 471 g/mol. The maximum absolute atomic E-state index is 13.0. The molecule has 1 aromatic heterocycles. The van der Waals surface area contributed by atoms with E-state index in [2.05, 4.69) is 38.0 Å². The van der Waals surface area contributed by atoms with Gasteiger partial charge in [-0.05, 0) is 72.0 Å². The van der Waals surface area contributed by atoms with Crippen molar-refractivity contribution in [2.24, 2.45) is 0 Å². The number of nitrogens with one attached hydrogen (secondary N) is 1. The fourth-order valence-electron chi connectivity index (χ4n) is 2.11. The average molecular weight is 472 g/mol. The third kappa shape index (κ3) is 4.16. The van der Waals surface area contributed by atoms with Crippen LogP contribution in [0, 0.1) is 9.39 Å². The summed E-state index contributed by atoms with van der Waals surface area (Å²) in [5, 5.41) is 7.24. The van der Waals surface area contributed by atoms with Gasteiger partial charge >= 0.3 is 0 Å². The van der Waals surface area contributed by atoms with Crippen molar-refractivity contribution in [2.75, 3.05) is 0 Å². The van der Waals surface area contributed by atoms with Gasteiger partial charge in [0.15, 0.2) is 0 Å². The largest absolute Gasteiger partial charge is 0.341 e. The van der Waals surface area contributed by atoms with E-state index in [4.69, 9.17) is 16.1 Å². The van der Waals surface area contributed by atoms with Crippen LogP contribution in [0.2, 0.25) is 5.02 Å². The molecule has 1 amide bonds. The lowest BCUT2D eigenvalue weighted by Crippen LogP contribution is -2.26. The minimum Gasteiger partial charge on any atom is -0.341 e. The standard InChI is InChI=1S/C17H12ClFIN3O2/c1-9(21-16(24)11-4-7-13(18)14(20)8-11)17-22-15(23-25-17)10-2-5-12(19)6-3-10/h2-9H,1H3,(H,21,24). The van der Waals surface area contributed by atoms with E-state index in [0.717, 1.165) is 3.57 Å². The summed E-state index contributed by atoms with van der Waals surface area (Å²) in [4.78, 5) is 16.6. The minimum absolute atomic E-state index is 0.260. The van der Waals surface area contributed by atoms with Gasteiger partial charge in [0.2, 0.25) is 11.7 Å². The highest BCUT2D eigenvalue weighted by atomic mass is 127. The van der Waals surface area contributed by atoms with Gasteiger partial charge in [-0.25, -0.2) is 4.39 Å². The van der Waals surface area contributed by atoms with Crippen molar-refractivity contribution in [3.8, 4) is 11.4 Å². The molecule has 0 saturated heterocycles. The van der Waals surface area contributed by atoms with E-state index in [9.17, 15) is 9.18 Å². The molecule has 0 spiro atoms. The summed E-state index contributed by atoms with van der Waals surface area (Å²) in [5.41, 5.74) is 1.11. The lowest BCUT2D eigenvalue weighted by Gasteiger charge is -2.10. The van der Waals surface area contributed by atoms with E-state index >= 15 is 0 Å². The summed E-state index contributed by atoms with van der Waals surface area (Å²) in [5.74, 6) is -0.0252. The maximum Gasteiger partial charge on any atom is 0.251 e. The first-order chi connectivity index (χ1) is 11.9. The highest BCUT2D eigenvalue weighted by molar-refractivity contribution is 14.1. The van der Waals surface area contributed by atoms with E-state index < -0.39 is 6.04 Å². The molecule has 128 valence electrons. The molecule has 0 fully saturated rings. The topological polar surface area (TPSA) is 68.0 Å². The highest BCUT2D eigenvalue weighted by Gasteiger charge is 2.18. The zero-order valence-corrected chi connectivity index (χ0v) is 15.9. The highest BCUT2D eigenvalue weighted by Crippen LogP contribution is 2.21. The molecule has 0 bridgehead atoms. The van der Waals surface area contributed by atoms with Gasteiger partial charge in [0.05, 0.1) is 5.02 Å². The van der Waals surface area contributed by atoms with Gasteiger partial charge in [-0.15, -0.1) is 0 Å². The summed E-state index contributed by atoms with van der Waals surface area (Å²) in [6.07, 6.45) is 0. The van der Waals surface area contributed by atoms with Crippen LogP contribution in [0.5, 0.6) is 0 Å². The van der Waals surface area contributed by atoms with Gasteiger partial charge in [0.25, 0.3) is 5.91 Å². The van der Waals surface area contributed by atoms with Crippen molar-refractivity contribution >= 4 is 40.1 Å². The molecular weight excluding hydrogens is 460 g/mol. The maximum atomic E-state index is 13.0. The quantitative estimate of drug-likeness (QED) is 0.564. The molecule has 0 radical (unpaired) electrons. The fourth-order valence-corrected chi connectivity index (χ4v) is 2.74. The van der Waals surface area contributed by atoms with E-state index in [1.807, 2.05) is 0 Å². The van der Waals surface area contributed by atoms with E-state index in [1.54, 1.807) is 37.3 Å². The third-order valence-electron chi connectivity index (χ3n) is 3.44. The van der Waals surface area contributed by atoms with Crippen LogP contribution >= 0.6 is 34.2 Å². The molecule has 1 atom stereocenters. The van der Waals surface area contributed by atoms with Crippen molar-refractivity contribution in [1.82, 2.24) is 15.5 Å². The Morgan fingerprint density at radius 1 is 1.28 bits per heavy atom. The minimum atomic E-state index is -0.484. The molecule has 0 aliphatic carbocycles. The number of aromatic nitrogens is 2. The number of benzene rings is 2.